The van der Waals surface area contributed by atoms with E-state index in [4.69, 9.17) is 9.72 Å². The molecule has 0 N–H and O–H groups in total. The standard InChI is InChI=1S/C27H28FN3O/c1-17-18(2)31(16-20-5-8-23(32-4)9-6-20)26-24(17)11-13-29-27(26)30-14-12-21-15-22(28)7-10-25(21)19(30)3/h5-11,13,15,19H,12,14,16H2,1-4H3. The zero-order valence-corrected chi connectivity index (χ0v) is 19.0. The summed E-state index contributed by atoms with van der Waals surface area (Å²) in [5.74, 6) is 1.69. The highest BCUT2D eigenvalue weighted by atomic mass is 19.1. The van der Waals surface area contributed by atoms with Crippen molar-refractivity contribution >= 4 is 16.7 Å². The zero-order chi connectivity index (χ0) is 22.4. The number of hydrogen-bond acceptors (Lipinski definition) is 3. The maximum Gasteiger partial charge on any atom is 0.153 e. The molecule has 0 fully saturated rings. The van der Waals surface area contributed by atoms with Crippen molar-refractivity contribution < 1.29 is 9.13 Å². The molecule has 164 valence electrons. The molecule has 5 heteroatoms. The van der Waals surface area contributed by atoms with Crippen molar-refractivity contribution in [2.75, 3.05) is 18.6 Å². The Hall–Kier alpha value is -3.34. The normalized spacial score (nSPS) is 15.8. The van der Waals surface area contributed by atoms with Gasteiger partial charge in [-0.3, -0.25) is 0 Å². The number of nitrogens with zero attached hydrogens (tertiary/aromatic N) is 3. The lowest BCUT2D eigenvalue weighted by Gasteiger charge is -2.36. The Morgan fingerprint density at radius 2 is 1.88 bits per heavy atom. The molecule has 1 unspecified atom stereocenters. The van der Waals surface area contributed by atoms with Crippen LogP contribution in [0.5, 0.6) is 5.75 Å². The lowest BCUT2D eigenvalue weighted by Crippen LogP contribution is -2.35. The van der Waals surface area contributed by atoms with Gasteiger partial charge in [0.15, 0.2) is 5.82 Å². The third-order valence-corrected chi connectivity index (χ3v) is 6.94. The van der Waals surface area contributed by atoms with Crippen LogP contribution in [-0.4, -0.2) is 23.2 Å². The van der Waals surface area contributed by atoms with E-state index in [0.29, 0.717) is 0 Å². The van der Waals surface area contributed by atoms with E-state index in [9.17, 15) is 4.39 Å². The monoisotopic (exact) mass is 429 g/mol. The Morgan fingerprint density at radius 1 is 1.09 bits per heavy atom. The largest absolute Gasteiger partial charge is 0.497 e. The van der Waals surface area contributed by atoms with Crippen LogP contribution < -0.4 is 9.64 Å². The van der Waals surface area contributed by atoms with Crippen LogP contribution in [0.1, 0.15) is 40.9 Å². The summed E-state index contributed by atoms with van der Waals surface area (Å²) in [6.07, 6.45) is 2.72. The Morgan fingerprint density at radius 3 is 2.62 bits per heavy atom. The van der Waals surface area contributed by atoms with Gasteiger partial charge in [0.25, 0.3) is 0 Å². The Bertz CT molecular complexity index is 1290. The van der Waals surface area contributed by atoms with Crippen LogP contribution >= 0.6 is 0 Å². The fourth-order valence-electron chi connectivity index (χ4n) is 4.99. The second-order valence-electron chi connectivity index (χ2n) is 8.64. The SMILES string of the molecule is COc1ccc(Cn2c(C)c(C)c3ccnc(N4CCc5cc(F)ccc5C4C)c32)cc1. The van der Waals surface area contributed by atoms with Crippen molar-refractivity contribution in [3.05, 3.63) is 88.5 Å². The number of aryl methyl sites for hydroxylation is 1. The number of methoxy groups -OCH3 is 1. The molecule has 0 bridgehead atoms. The molecule has 4 aromatic rings. The summed E-state index contributed by atoms with van der Waals surface area (Å²) in [4.78, 5) is 7.23. The molecular weight excluding hydrogens is 401 g/mol. The first kappa shape index (κ1) is 20.6. The highest BCUT2D eigenvalue weighted by Gasteiger charge is 2.28. The van der Waals surface area contributed by atoms with Crippen LogP contribution in [0.25, 0.3) is 10.9 Å². The molecule has 1 aliphatic heterocycles. The number of fused-ring (bicyclic) bond motifs is 2. The van der Waals surface area contributed by atoms with Crippen molar-refractivity contribution in [1.82, 2.24) is 9.55 Å². The van der Waals surface area contributed by atoms with Gasteiger partial charge in [-0.1, -0.05) is 18.2 Å². The molecule has 0 amide bonds. The maximum atomic E-state index is 13.8. The van der Waals surface area contributed by atoms with Crippen LogP contribution in [0.4, 0.5) is 10.2 Å². The molecule has 1 aliphatic rings. The highest BCUT2D eigenvalue weighted by molar-refractivity contribution is 5.94. The van der Waals surface area contributed by atoms with Crippen molar-refractivity contribution in [2.24, 2.45) is 0 Å². The molecule has 0 spiro atoms. The Kier molecular flexibility index (Phi) is 5.12. The minimum Gasteiger partial charge on any atom is -0.497 e. The molecule has 4 nitrogen and oxygen atoms in total. The first-order chi connectivity index (χ1) is 15.5. The van der Waals surface area contributed by atoms with Gasteiger partial charge in [-0.2, -0.15) is 0 Å². The predicted octanol–water partition coefficient (Wildman–Crippen LogP) is 5.97. The summed E-state index contributed by atoms with van der Waals surface area (Å²) >= 11 is 0. The van der Waals surface area contributed by atoms with Crippen molar-refractivity contribution in [3.8, 4) is 5.75 Å². The minimum absolute atomic E-state index is 0.127. The van der Waals surface area contributed by atoms with E-state index < -0.39 is 0 Å². The van der Waals surface area contributed by atoms with Gasteiger partial charge in [-0.15, -0.1) is 0 Å². The van der Waals surface area contributed by atoms with E-state index in [1.807, 2.05) is 24.4 Å². The molecule has 1 atom stereocenters. The Balaban J connectivity index is 1.61. The van der Waals surface area contributed by atoms with Gasteiger partial charge in [0.1, 0.15) is 11.6 Å². The molecule has 32 heavy (non-hydrogen) atoms. The fraction of sp³-hybridized carbons (Fsp3) is 0.296. The molecule has 2 aromatic carbocycles. The number of halogens is 1. The number of benzene rings is 2. The molecule has 0 saturated carbocycles. The average molecular weight is 430 g/mol. The van der Waals surface area contributed by atoms with Crippen LogP contribution in [0.2, 0.25) is 0 Å². The second-order valence-corrected chi connectivity index (χ2v) is 8.64. The summed E-state index contributed by atoms with van der Waals surface area (Å²) in [5.41, 5.74) is 7.19. The zero-order valence-electron chi connectivity index (χ0n) is 19.0. The number of hydrogen-bond donors (Lipinski definition) is 0. The Labute approximate surface area is 188 Å². The molecule has 0 saturated heterocycles. The van der Waals surface area contributed by atoms with E-state index in [-0.39, 0.29) is 11.9 Å². The first-order valence-corrected chi connectivity index (χ1v) is 11.1. The maximum absolute atomic E-state index is 13.8. The van der Waals surface area contributed by atoms with Gasteiger partial charge in [0.2, 0.25) is 0 Å². The number of anilines is 1. The smallest absolute Gasteiger partial charge is 0.153 e. The number of rotatable bonds is 4. The summed E-state index contributed by atoms with van der Waals surface area (Å²) in [6.45, 7) is 8.13. The summed E-state index contributed by atoms with van der Waals surface area (Å²) in [7, 11) is 1.69. The van der Waals surface area contributed by atoms with Crippen molar-refractivity contribution in [1.29, 1.82) is 0 Å². The second kappa shape index (κ2) is 7.97. The van der Waals surface area contributed by atoms with Crippen LogP contribution in [-0.2, 0) is 13.0 Å². The number of pyridine rings is 1. The third-order valence-electron chi connectivity index (χ3n) is 6.94. The number of aromatic nitrogens is 2. The lowest BCUT2D eigenvalue weighted by atomic mass is 9.93. The van der Waals surface area contributed by atoms with Gasteiger partial charge in [-0.25, -0.2) is 9.37 Å². The van der Waals surface area contributed by atoms with E-state index in [1.165, 1.54) is 27.8 Å². The van der Waals surface area contributed by atoms with E-state index in [0.717, 1.165) is 42.2 Å². The summed E-state index contributed by atoms with van der Waals surface area (Å²) < 4.78 is 21.5. The fourth-order valence-corrected chi connectivity index (χ4v) is 4.99. The van der Waals surface area contributed by atoms with E-state index in [1.54, 1.807) is 19.2 Å². The molecular formula is C27H28FN3O. The van der Waals surface area contributed by atoms with Crippen molar-refractivity contribution in [3.63, 3.8) is 0 Å². The predicted molar refractivity (Wildman–Crippen MR) is 127 cm³/mol. The minimum atomic E-state index is -0.163. The number of ether oxygens (including phenoxy) is 1. The third kappa shape index (κ3) is 3.32. The van der Waals surface area contributed by atoms with Gasteiger partial charge in [-0.05, 0) is 79.8 Å². The summed E-state index contributed by atoms with van der Waals surface area (Å²) in [5, 5.41) is 1.23. The molecule has 0 aliphatic carbocycles. The first-order valence-electron chi connectivity index (χ1n) is 11.1. The van der Waals surface area contributed by atoms with Crippen LogP contribution in [0.3, 0.4) is 0 Å². The average Bonchev–Trinajstić information content (AvgIpc) is 3.05. The quantitative estimate of drug-likeness (QED) is 0.400. The van der Waals surface area contributed by atoms with Crippen LogP contribution in [0, 0.1) is 19.7 Å². The molecule has 0 radical (unpaired) electrons. The van der Waals surface area contributed by atoms with Crippen molar-refractivity contribution in [2.45, 2.75) is 39.8 Å². The lowest BCUT2D eigenvalue weighted by molar-refractivity contribution is 0.414. The van der Waals surface area contributed by atoms with Gasteiger partial charge < -0.3 is 14.2 Å². The van der Waals surface area contributed by atoms with E-state index in [2.05, 4.69) is 48.4 Å². The molecule has 2 aromatic heterocycles. The molecule has 5 rings (SSSR count). The van der Waals surface area contributed by atoms with E-state index >= 15 is 0 Å². The van der Waals surface area contributed by atoms with Gasteiger partial charge in [0.05, 0.1) is 18.7 Å². The van der Waals surface area contributed by atoms with Crippen LogP contribution in [0.15, 0.2) is 54.7 Å². The topological polar surface area (TPSA) is 30.3 Å². The van der Waals surface area contributed by atoms with Gasteiger partial charge in [0, 0.05) is 30.4 Å². The summed E-state index contributed by atoms with van der Waals surface area (Å²) in [6, 6.07) is 15.6. The van der Waals surface area contributed by atoms with Gasteiger partial charge >= 0.3 is 0 Å². The highest BCUT2D eigenvalue weighted by Crippen LogP contribution is 2.38. The molecule has 3 heterocycles.